The molecular weight excluding hydrogens is 346 g/mol. The highest BCUT2D eigenvalue weighted by molar-refractivity contribution is 7.99. The van der Waals surface area contributed by atoms with Gasteiger partial charge in [0.05, 0.1) is 0 Å². The quantitative estimate of drug-likeness (QED) is 0.656. The lowest BCUT2D eigenvalue weighted by atomic mass is 10.2. The summed E-state index contributed by atoms with van der Waals surface area (Å²) in [6, 6.07) is 17.1. The number of hydrogen-bond acceptors (Lipinski definition) is 5. The number of nitrogens with zero attached hydrogens (tertiary/aromatic N) is 2. The fourth-order valence-electron chi connectivity index (χ4n) is 1.97. The van der Waals surface area contributed by atoms with Crippen LogP contribution in [0.4, 0.5) is 6.01 Å². The molecule has 0 unspecified atom stereocenters. The molecule has 1 amide bonds. The number of rotatable bonds is 6. The molecule has 5 nitrogen and oxygen atoms in total. The average Bonchev–Trinajstić information content (AvgIpc) is 3.04. The van der Waals surface area contributed by atoms with Crippen molar-refractivity contribution in [3.8, 4) is 11.5 Å². The number of aromatic nitrogens is 2. The van der Waals surface area contributed by atoms with E-state index in [1.165, 1.54) is 0 Å². The van der Waals surface area contributed by atoms with Gasteiger partial charge in [-0.25, -0.2) is 0 Å². The van der Waals surface area contributed by atoms with Gasteiger partial charge in [0, 0.05) is 27.7 Å². The maximum absolute atomic E-state index is 11.9. The number of carbonyl (C=O) groups excluding carboxylic acids is 1. The maximum atomic E-state index is 11.9. The summed E-state index contributed by atoms with van der Waals surface area (Å²) in [4.78, 5) is 13.1. The summed E-state index contributed by atoms with van der Waals surface area (Å²) in [6.07, 6.45) is 0.356. The number of benzene rings is 2. The Balaban J connectivity index is 1.52. The molecular formula is C17H14ClN3O2S. The lowest BCUT2D eigenvalue weighted by molar-refractivity contribution is -0.115. The summed E-state index contributed by atoms with van der Waals surface area (Å²) in [5, 5.41) is 10.9. The molecule has 3 aromatic rings. The minimum Gasteiger partial charge on any atom is -0.403 e. The van der Waals surface area contributed by atoms with Crippen molar-refractivity contribution in [1.29, 1.82) is 0 Å². The van der Waals surface area contributed by atoms with Crippen LogP contribution in [0.15, 0.2) is 63.9 Å². The number of halogens is 1. The summed E-state index contributed by atoms with van der Waals surface area (Å²) < 4.78 is 5.44. The van der Waals surface area contributed by atoms with Crippen LogP contribution in [0.1, 0.15) is 6.42 Å². The second-order valence-corrected chi connectivity index (χ2v) is 6.49. The monoisotopic (exact) mass is 359 g/mol. The molecule has 0 saturated carbocycles. The van der Waals surface area contributed by atoms with E-state index in [2.05, 4.69) is 15.5 Å². The predicted molar refractivity (Wildman–Crippen MR) is 95.2 cm³/mol. The smallest absolute Gasteiger partial charge is 0.322 e. The molecule has 0 fully saturated rings. The molecule has 0 radical (unpaired) electrons. The summed E-state index contributed by atoms with van der Waals surface area (Å²) in [5.74, 6) is 0.816. The minimum atomic E-state index is -0.167. The molecule has 0 atom stereocenters. The van der Waals surface area contributed by atoms with E-state index < -0.39 is 0 Å². The first-order valence-electron chi connectivity index (χ1n) is 7.28. The van der Waals surface area contributed by atoms with Crippen LogP contribution in [-0.2, 0) is 4.79 Å². The topological polar surface area (TPSA) is 68.0 Å². The van der Waals surface area contributed by atoms with E-state index in [-0.39, 0.29) is 11.9 Å². The van der Waals surface area contributed by atoms with Gasteiger partial charge in [0.1, 0.15) is 0 Å². The Morgan fingerprint density at radius 2 is 1.96 bits per heavy atom. The molecule has 0 bridgehead atoms. The average molecular weight is 360 g/mol. The van der Waals surface area contributed by atoms with E-state index in [0.29, 0.717) is 28.7 Å². The number of carbonyl (C=O) groups is 1. The third kappa shape index (κ3) is 4.59. The van der Waals surface area contributed by atoms with Crippen molar-refractivity contribution in [2.24, 2.45) is 0 Å². The van der Waals surface area contributed by atoms with E-state index in [9.17, 15) is 4.79 Å². The third-order valence-electron chi connectivity index (χ3n) is 3.08. The van der Waals surface area contributed by atoms with Crippen molar-refractivity contribution in [3.05, 3.63) is 59.6 Å². The number of hydrogen-bond donors (Lipinski definition) is 1. The minimum absolute atomic E-state index is 0.0830. The molecule has 7 heteroatoms. The predicted octanol–water partition coefficient (Wildman–Crippen LogP) is 4.51. The van der Waals surface area contributed by atoms with E-state index in [1.54, 1.807) is 30.0 Å². The molecule has 0 aliphatic heterocycles. The van der Waals surface area contributed by atoms with Gasteiger partial charge in [0.25, 0.3) is 0 Å². The molecule has 0 spiro atoms. The molecule has 2 aromatic carbocycles. The Hall–Kier alpha value is -2.31. The number of anilines is 1. The van der Waals surface area contributed by atoms with Crippen LogP contribution in [-0.4, -0.2) is 21.9 Å². The van der Waals surface area contributed by atoms with Crippen LogP contribution in [0, 0.1) is 0 Å². The molecule has 1 N–H and O–H groups in total. The van der Waals surface area contributed by atoms with Gasteiger partial charge in [-0.1, -0.05) is 41.0 Å². The highest BCUT2D eigenvalue weighted by atomic mass is 35.5. The van der Waals surface area contributed by atoms with Gasteiger partial charge >= 0.3 is 6.01 Å². The number of thioether (sulfide) groups is 1. The van der Waals surface area contributed by atoms with Crippen LogP contribution in [0.25, 0.3) is 11.5 Å². The molecule has 0 aliphatic rings. The fraction of sp³-hybridized carbons (Fsp3) is 0.118. The highest BCUT2D eigenvalue weighted by Gasteiger charge is 2.11. The van der Waals surface area contributed by atoms with Gasteiger partial charge in [-0.15, -0.1) is 16.9 Å². The number of amides is 1. The SMILES string of the molecule is O=C(CCSc1ccccc1)Nc1nnc(-c2cccc(Cl)c2)o1. The van der Waals surface area contributed by atoms with Crippen molar-refractivity contribution in [1.82, 2.24) is 10.2 Å². The van der Waals surface area contributed by atoms with Crippen molar-refractivity contribution in [2.45, 2.75) is 11.3 Å². The summed E-state index contributed by atoms with van der Waals surface area (Å²) >= 11 is 7.55. The second-order valence-electron chi connectivity index (χ2n) is 4.88. The zero-order valence-electron chi connectivity index (χ0n) is 12.6. The van der Waals surface area contributed by atoms with E-state index in [0.717, 1.165) is 4.90 Å². The Morgan fingerprint density at radius 3 is 2.75 bits per heavy atom. The zero-order valence-corrected chi connectivity index (χ0v) is 14.2. The molecule has 1 heterocycles. The van der Waals surface area contributed by atoms with Crippen LogP contribution in [0.3, 0.4) is 0 Å². The molecule has 3 rings (SSSR count). The van der Waals surface area contributed by atoms with E-state index in [1.807, 2.05) is 36.4 Å². The summed E-state index contributed by atoms with van der Waals surface area (Å²) in [6.45, 7) is 0. The van der Waals surface area contributed by atoms with Gasteiger partial charge in [0.2, 0.25) is 11.8 Å². The molecule has 0 saturated heterocycles. The third-order valence-corrected chi connectivity index (χ3v) is 4.33. The standard InChI is InChI=1S/C17H14ClN3O2S/c18-13-6-4-5-12(11-13)16-20-21-17(23-16)19-15(22)9-10-24-14-7-2-1-3-8-14/h1-8,11H,9-10H2,(H,19,21,22). The Bertz CT molecular complexity index is 823. The fourth-order valence-corrected chi connectivity index (χ4v) is 3.04. The largest absolute Gasteiger partial charge is 0.403 e. The molecule has 0 aliphatic carbocycles. The first kappa shape index (κ1) is 16.5. The second kappa shape index (κ2) is 7.99. The molecule has 24 heavy (non-hydrogen) atoms. The van der Waals surface area contributed by atoms with Crippen molar-refractivity contribution >= 4 is 35.3 Å². The summed E-state index contributed by atoms with van der Waals surface area (Å²) in [7, 11) is 0. The lowest BCUT2D eigenvalue weighted by Gasteiger charge is -2.01. The van der Waals surface area contributed by atoms with Crippen LogP contribution in [0.5, 0.6) is 0 Å². The highest BCUT2D eigenvalue weighted by Crippen LogP contribution is 2.23. The van der Waals surface area contributed by atoms with Crippen molar-refractivity contribution < 1.29 is 9.21 Å². The molecule has 1 aromatic heterocycles. The number of nitrogens with one attached hydrogen (secondary N) is 1. The van der Waals surface area contributed by atoms with Gasteiger partial charge in [-0.05, 0) is 30.3 Å². The Labute approximate surface area is 148 Å². The zero-order chi connectivity index (χ0) is 16.8. The van der Waals surface area contributed by atoms with E-state index in [4.69, 9.17) is 16.0 Å². The maximum Gasteiger partial charge on any atom is 0.322 e. The lowest BCUT2D eigenvalue weighted by Crippen LogP contribution is -2.12. The van der Waals surface area contributed by atoms with Crippen LogP contribution in [0.2, 0.25) is 5.02 Å². The normalized spacial score (nSPS) is 10.5. The van der Waals surface area contributed by atoms with E-state index >= 15 is 0 Å². The Morgan fingerprint density at radius 1 is 1.12 bits per heavy atom. The van der Waals surface area contributed by atoms with Gasteiger partial charge < -0.3 is 4.42 Å². The summed E-state index contributed by atoms with van der Waals surface area (Å²) in [5.41, 5.74) is 0.704. The van der Waals surface area contributed by atoms with Gasteiger partial charge in [-0.2, -0.15) is 0 Å². The van der Waals surface area contributed by atoms with Crippen LogP contribution >= 0.6 is 23.4 Å². The molecule has 122 valence electrons. The first-order chi connectivity index (χ1) is 11.7. The van der Waals surface area contributed by atoms with Gasteiger partial charge in [-0.3, -0.25) is 10.1 Å². The van der Waals surface area contributed by atoms with Gasteiger partial charge in [0.15, 0.2) is 0 Å². The van der Waals surface area contributed by atoms with Crippen molar-refractivity contribution in [3.63, 3.8) is 0 Å². The first-order valence-corrected chi connectivity index (χ1v) is 8.64. The van der Waals surface area contributed by atoms with Crippen LogP contribution < -0.4 is 5.32 Å². The Kier molecular flexibility index (Phi) is 5.51. The van der Waals surface area contributed by atoms with Crippen molar-refractivity contribution in [2.75, 3.05) is 11.1 Å².